The molecule has 1 fully saturated rings. The second-order valence-electron chi connectivity index (χ2n) is 4.73. The highest BCUT2D eigenvalue weighted by Crippen LogP contribution is 2.21. The zero-order valence-corrected chi connectivity index (χ0v) is 11.7. The summed E-state index contributed by atoms with van der Waals surface area (Å²) in [7, 11) is -3.29. The van der Waals surface area contributed by atoms with Crippen LogP contribution < -0.4 is 5.90 Å². The van der Waals surface area contributed by atoms with Gasteiger partial charge >= 0.3 is 0 Å². The molecule has 0 unspecified atom stereocenters. The summed E-state index contributed by atoms with van der Waals surface area (Å²) in [5, 5.41) is 0. The van der Waals surface area contributed by atoms with E-state index < -0.39 is 10.0 Å². The maximum Gasteiger partial charge on any atom is 0.243 e. The van der Waals surface area contributed by atoms with Crippen LogP contribution in [-0.2, 0) is 21.3 Å². The summed E-state index contributed by atoms with van der Waals surface area (Å²) in [6.45, 7) is 1.78. The Morgan fingerprint density at radius 3 is 2.37 bits per heavy atom. The monoisotopic (exact) mass is 284 g/mol. The first-order valence-electron chi connectivity index (χ1n) is 6.55. The van der Waals surface area contributed by atoms with E-state index in [9.17, 15) is 8.42 Å². The van der Waals surface area contributed by atoms with Crippen LogP contribution in [0.15, 0.2) is 29.2 Å². The zero-order valence-electron chi connectivity index (χ0n) is 10.9. The Bertz CT molecular complexity index is 493. The van der Waals surface area contributed by atoms with Crippen LogP contribution in [0.2, 0.25) is 0 Å². The van der Waals surface area contributed by atoms with Crippen molar-refractivity contribution in [2.45, 2.75) is 30.6 Å². The molecule has 1 aromatic carbocycles. The quantitative estimate of drug-likeness (QED) is 0.631. The van der Waals surface area contributed by atoms with E-state index in [0.717, 1.165) is 31.2 Å². The summed E-state index contributed by atoms with van der Waals surface area (Å²) >= 11 is 0. The van der Waals surface area contributed by atoms with Gasteiger partial charge < -0.3 is 4.84 Å². The van der Waals surface area contributed by atoms with E-state index in [1.165, 1.54) is 0 Å². The van der Waals surface area contributed by atoms with Gasteiger partial charge in [-0.3, -0.25) is 0 Å². The molecule has 1 saturated heterocycles. The van der Waals surface area contributed by atoms with Gasteiger partial charge in [0.05, 0.1) is 11.5 Å². The highest BCUT2D eigenvalue weighted by molar-refractivity contribution is 7.89. The molecule has 0 aliphatic carbocycles. The lowest BCUT2D eigenvalue weighted by Crippen LogP contribution is -2.27. The number of rotatable bonds is 6. The van der Waals surface area contributed by atoms with Gasteiger partial charge in [0.15, 0.2) is 0 Å². The van der Waals surface area contributed by atoms with Crippen molar-refractivity contribution in [3.8, 4) is 0 Å². The van der Waals surface area contributed by atoms with Gasteiger partial charge in [-0.1, -0.05) is 12.1 Å². The number of hydrogen-bond acceptors (Lipinski definition) is 4. The number of nitrogens with two attached hydrogens (primary N) is 1. The van der Waals surface area contributed by atoms with Gasteiger partial charge in [-0.15, -0.1) is 0 Å². The summed E-state index contributed by atoms with van der Waals surface area (Å²) in [5.41, 5.74) is 1.09. The van der Waals surface area contributed by atoms with E-state index in [1.54, 1.807) is 16.4 Å². The second-order valence-corrected chi connectivity index (χ2v) is 6.67. The van der Waals surface area contributed by atoms with E-state index in [4.69, 9.17) is 5.90 Å². The summed E-state index contributed by atoms with van der Waals surface area (Å²) in [4.78, 5) is 4.89. The Labute approximate surface area is 114 Å². The normalized spacial score (nSPS) is 16.9. The molecule has 0 amide bonds. The molecule has 6 heteroatoms. The van der Waals surface area contributed by atoms with Crippen molar-refractivity contribution in [2.24, 2.45) is 5.90 Å². The van der Waals surface area contributed by atoms with Gasteiger partial charge in [-0.25, -0.2) is 14.3 Å². The maximum absolute atomic E-state index is 12.3. The van der Waals surface area contributed by atoms with Crippen molar-refractivity contribution in [3.63, 3.8) is 0 Å². The van der Waals surface area contributed by atoms with Crippen LogP contribution in [0, 0.1) is 0 Å². The molecular formula is C13H20N2O3S. The van der Waals surface area contributed by atoms with Gasteiger partial charge in [-0.2, -0.15) is 4.31 Å². The molecule has 5 nitrogen and oxygen atoms in total. The van der Waals surface area contributed by atoms with Gasteiger partial charge in [0.25, 0.3) is 0 Å². The van der Waals surface area contributed by atoms with Gasteiger partial charge in [0.1, 0.15) is 0 Å². The molecule has 0 atom stereocenters. The smallest absolute Gasteiger partial charge is 0.243 e. The fourth-order valence-corrected chi connectivity index (χ4v) is 3.78. The van der Waals surface area contributed by atoms with Gasteiger partial charge in [0, 0.05) is 13.1 Å². The molecule has 106 valence electrons. The molecule has 1 aliphatic rings. The Morgan fingerprint density at radius 1 is 1.16 bits per heavy atom. The third-order valence-electron chi connectivity index (χ3n) is 3.35. The van der Waals surface area contributed by atoms with E-state index >= 15 is 0 Å². The summed E-state index contributed by atoms with van der Waals surface area (Å²) in [5.74, 6) is 4.96. The molecule has 1 aromatic rings. The van der Waals surface area contributed by atoms with Crippen LogP contribution in [0.1, 0.15) is 24.8 Å². The highest BCUT2D eigenvalue weighted by Gasteiger charge is 2.26. The molecule has 1 aliphatic heterocycles. The molecule has 0 bridgehead atoms. The van der Waals surface area contributed by atoms with Crippen LogP contribution in [0.5, 0.6) is 0 Å². The molecule has 0 spiro atoms. The Hall–Kier alpha value is -0.950. The van der Waals surface area contributed by atoms with Crippen LogP contribution in [0.3, 0.4) is 0 Å². The third-order valence-corrected chi connectivity index (χ3v) is 5.27. The third kappa shape index (κ3) is 3.54. The lowest BCUT2D eigenvalue weighted by atomic mass is 10.1. The molecular weight excluding hydrogens is 264 g/mol. The topological polar surface area (TPSA) is 72.6 Å². The summed E-state index contributed by atoms with van der Waals surface area (Å²) in [6.07, 6.45) is 3.57. The van der Waals surface area contributed by atoms with Gasteiger partial charge in [0.2, 0.25) is 10.0 Å². The number of sulfonamides is 1. The van der Waals surface area contributed by atoms with Crippen molar-refractivity contribution in [2.75, 3.05) is 19.7 Å². The lowest BCUT2D eigenvalue weighted by Gasteiger charge is -2.15. The molecule has 0 aromatic heterocycles. The van der Waals surface area contributed by atoms with Gasteiger partial charge in [-0.05, 0) is 43.4 Å². The van der Waals surface area contributed by atoms with E-state index in [0.29, 0.717) is 24.6 Å². The minimum atomic E-state index is -3.29. The molecule has 0 saturated carbocycles. The van der Waals surface area contributed by atoms with E-state index in [-0.39, 0.29) is 0 Å². The average molecular weight is 284 g/mol. The van der Waals surface area contributed by atoms with Crippen molar-refractivity contribution in [1.82, 2.24) is 4.31 Å². The Balaban J connectivity index is 2.05. The van der Waals surface area contributed by atoms with Crippen molar-refractivity contribution in [1.29, 1.82) is 0 Å². The lowest BCUT2D eigenvalue weighted by molar-refractivity contribution is 0.135. The van der Waals surface area contributed by atoms with E-state index in [1.807, 2.05) is 12.1 Å². The number of benzene rings is 1. The number of aryl methyl sites for hydroxylation is 1. The van der Waals surface area contributed by atoms with Crippen LogP contribution in [0.25, 0.3) is 0 Å². The minimum Gasteiger partial charge on any atom is -0.305 e. The van der Waals surface area contributed by atoms with Crippen molar-refractivity contribution < 1.29 is 13.3 Å². The fourth-order valence-electron chi connectivity index (χ4n) is 2.27. The average Bonchev–Trinajstić information content (AvgIpc) is 2.94. The summed E-state index contributed by atoms with van der Waals surface area (Å²) in [6, 6.07) is 7.09. The predicted molar refractivity (Wildman–Crippen MR) is 72.9 cm³/mol. The van der Waals surface area contributed by atoms with Crippen molar-refractivity contribution >= 4 is 10.0 Å². The Morgan fingerprint density at radius 2 is 1.79 bits per heavy atom. The second kappa shape index (κ2) is 6.47. The largest absolute Gasteiger partial charge is 0.305 e. The molecule has 19 heavy (non-hydrogen) atoms. The zero-order chi connectivity index (χ0) is 13.7. The summed E-state index contributed by atoms with van der Waals surface area (Å²) < 4.78 is 26.2. The van der Waals surface area contributed by atoms with E-state index in [2.05, 4.69) is 4.84 Å². The first-order valence-corrected chi connectivity index (χ1v) is 7.99. The number of hydrogen-bond donors (Lipinski definition) is 1. The van der Waals surface area contributed by atoms with Crippen LogP contribution in [0.4, 0.5) is 0 Å². The minimum absolute atomic E-state index is 0.383. The first kappa shape index (κ1) is 14.5. The SMILES string of the molecule is NOCCCc1ccc(S(=O)(=O)N2CCCC2)cc1. The molecule has 0 radical (unpaired) electrons. The fraction of sp³-hybridized carbons (Fsp3) is 0.538. The Kier molecular flexibility index (Phi) is 4.93. The molecule has 1 heterocycles. The van der Waals surface area contributed by atoms with Crippen LogP contribution >= 0.6 is 0 Å². The standard InChI is InChI=1S/C13H20N2O3S/c14-18-11-3-4-12-5-7-13(8-6-12)19(16,17)15-9-1-2-10-15/h5-8H,1-4,9-11,14H2. The number of nitrogens with zero attached hydrogens (tertiary/aromatic N) is 1. The maximum atomic E-state index is 12.3. The van der Waals surface area contributed by atoms with Crippen molar-refractivity contribution in [3.05, 3.63) is 29.8 Å². The predicted octanol–water partition coefficient (Wildman–Crippen LogP) is 1.29. The molecule has 2 rings (SSSR count). The first-order chi connectivity index (χ1) is 9.14. The molecule has 2 N–H and O–H groups in total. The van der Waals surface area contributed by atoms with Crippen LogP contribution in [-0.4, -0.2) is 32.4 Å². The highest BCUT2D eigenvalue weighted by atomic mass is 32.2.